The van der Waals surface area contributed by atoms with E-state index >= 15 is 0 Å². The van der Waals surface area contributed by atoms with E-state index in [0.29, 0.717) is 31.3 Å². The Labute approximate surface area is 297 Å². The van der Waals surface area contributed by atoms with Gasteiger partial charge in [0.2, 0.25) is 11.8 Å². The average molecular weight is 753 g/mol. The van der Waals surface area contributed by atoms with E-state index < -0.39 is 51.5 Å². The topological polar surface area (TPSA) is 149 Å². The molecule has 282 valence electrons. The number of aliphatic hydroxyl groups excluding tert-OH is 1. The summed E-state index contributed by atoms with van der Waals surface area (Å²) in [6, 6.07) is 10.2. The van der Waals surface area contributed by atoms with Crippen LogP contribution in [-0.2, 0) is 32.5 Å². The van der Waals surface area contributed by atoms with Gasteiger partial charge in [-0.1, -0.05) is 24.3 Å². The summed E-state index contributed by atoms with van der Waals surface area (Å²) in [6.45, 7) is 7.36. The third kappa shape index (κ3) is 8.42. The van der Waals surface area contributed by atoms with Crippen LogP contribution >= 0.6 is 0 Å². The highest BCUT2D eigenvalue weighted by molar-refractivity contribution is 7.88. The van der Waals surface area contributed by atoms with E-state index in [-0.39, 0.29) is 63.9 Å². The number of likely N-dealkylation sites (tertiary alicyclic amines) is 1. The number of aromatic nitrogens is 2. The Kier molecular flexibility index (Phi) is 11.1. The molecule has 3 heterocycles. The SMILES string of the molecule is COc1ccc(Cc2nc(OS(=O)(=O)C(F)(F)F)c(CC(O)CNC3CCN(C(C)=O)CC3)c3c4ccccc4n(C(=O)OC(C)(C)C)c23)cc1F. The molecule has 1 aliphatic heterocycles. The first-order chi connectivity index (χ1) is 24.3. The molecular formula is C35H40F4N4O8S. The molecule has 1 saturated heterocycles. The third-order valence-corrected chi connectivity index (χ3v) is 9.55. The van der Waals surface area contributed by atoms with Crippen LogP contribution in [0.15, 0.2) is 42.5 Å². The second-order valence-electron chi connectivity index (χ2n) is 13.6. The molecule has 1 unspecified atom stereocenters. The maximum atomic E-state index is 14.8. The Morgan fingerprint density at radius 2 is 1.77 bits per heavy atom. The lowest BCUT2D eigenvalue weighted by Gasteiger charge is -2.32. The first-order valence-corrected chi connectivity index (χ1v) is 17.9. The molecule has 2 aromatic heterocycles. The fourth-order valence-electron chi connectivity index (χ4n) is 6.22. The molecule has 1 fully saturated rings. The highest BCUT2D eigenvalue weighted by Crippen LogP contribution is 2.40. The van der Waals surface area contributed by atoms with Crippen molar-refractivity contribution in [2.24, 2.45) is 0 Å². The van der Waals surface area contributed by atoms with Crippen molar-refractivity contribution in [2.75, 3.05) is 26.7 Å². The van der Waals surface area contributed by atoms with E-state index in [2.05, 4.69) is 10.3 Å². The number of methoxy groups -OCH3 is 1. The lowest BCUT2D eigenvalue weighted by molar-refractivity contribution is -0.129. The quantitative estimate of drug-likeness (QED) is 0.122. The van der Waals surface area contributed by atoms with Crippen molar-refractivity contribution in [3.63, 3.8) is 0 Å². The van der Waals surface area contributed by atoms with Crippen LogP contribution in [0.25, 0.3) is 21.8 Å². The van der Waals surface area contributed by atoms with Gasteiger partial charge in [0.05, 0.1) is 29.9 Å². The summed E-state index contributed by atoms with van der Waals surface area (Å²) in [5.41, 5.74) is -6.64. The summed E-state index contributed by atoms with van der Waals surface area (Å²) in [7, 11) is -5.01. The van der Waals surface area contributed by atoms with Gasteiger partial charge < -0.3 is 29.0 Å². The molecule has 5 rings (SSSR count). The van der Waals surface area contributed by atoms with Gasteiger partial charge >= 0.3 is 21.7 Å². The zero-order valence-electron chi connectivity index (χ0n) is 29.2. The summed E-state index contributed by atoms with van der Waals surface area (Å²) in [5.74, 6) is -1.84. The Hall–Kier alpha value is -4.48. The van der Waals surface area contributed by atoms with Crippen molar-refractivity contribution in [2.45, 2.75) is 76.6 Å². The largest absolute Gasteiger partial charge is 0.534 e. The summed E-state index contributed by atoms with van der Waals surface area (Å²) in [5, 5.41) is 14.9. The molecule has 0 saturated carbocycles. The van der Waals surface area contributed by atoms with Crippen molar-refractivity contribution in [3.8, 4) is 11.6 Å². The molecule has 52 heavy (non-hydrogen) atoms. The molecule has 12 nitrogen and oxygen atoms in total. The molecule has 1 amide bonds. The fraction of sp³-hybridized carbons (Fsp3) is 0.457. The number of rotatable bonds is 10. The fourth-order valence-corrected chi connectivity index (χ4v) is 6.66. The number of alkyl halides is 3. The molecular weight excluding hydrogens is 712 g/mol. The van der Waals surface area contributed by atoms with Crippen LogP contribution in [0.3, 0.4) is 0 Å². The van der Waals surface area contributed by atoms with Gasteiger partial charge in [-0.25, -0.2) is 18.7 Å². The van der Waals surface area contributed by atoms with Crippen molar-refractivity contribution < 1.29 is 54.3 Å². The van der Waals surface area contributed by atoms with Gasteiger partial charge in [0.15, 0.2) is 11.6 Å². The van der Waals surface area contributed by atoms with Gasteiger partial charge in [0, 0.05) is 61.8 Å². The number of hydrogen-bond donors (Lipinski definition) is 2. The number of amides is 1. The highest BCUT2D eigenvalue weighted by Gasteiger charge is 2.49. The van der Waals surface area contributed by atoms with Crippen LogP contribution in [0.1, 0.15) is 57.4 Å². The van der Waals surface area contributed by atoms with E-state index in [0.717, 1.165) is 6.07 Å². The number of fused-ring (bicyclic) bond motifs is 3. The average Bonchev–Trinajstić information content (AvgIpc) is 3.40. The molecule has 0 spiro atoms. The first kappa shape index (κ1) is 38.7. The number of carbonyl (C=O) groups excluding carboxylic acids is 2. The number of carbonyl (C=O) groups is 2. The summed E-state index contributed by atoms with van der Waals surface area (Å²) < 4.78 is 97.7. The van der Waals surface area contributed by atoms with Crippen molar-refractivity contribution in [1.29, 1.82) is 0 Å². The normalized spacial score (nSPS) is 15.2. The molecule has 2 aromatic carbocycles. The van der Waals surface area contributed by atoms with E-state index in [1.54, 1.807) is 49.9 Å². The number of ether oxygens (including phenoxy) is 2. The van der Waals surface area contributed by atoms with Gasteiger partial charge in [-0.2, -0.15) is 21.6 Å². The zero-order valence-corrected chi connectivity index (χ0v) is 30.0. The van der Waals surface area contributed by atoms with E-state index in [1.165, 1.54) is 30.7 Å². The number of halogens is 4. The number of para-hydroxylation sites is 1. The number of benzene rings is 2. The molecule has 2 N–H and O–H groups in total. The minimum atomic E-state index is -6.28. The van der Waals surface area contributed by atoms with Gasteiger partial charge in [-0.15, -0.1) is 0 Å². The lowest BCUT2D eigenvalue weighted by Crippen LogP contribution is -2.46. The minimum absolute atomic E-state index is 0.0372. The molecule has 17 heteroatoms. The van der Waals surface area contributed by atoms with Crippen molar-refractivity contribution >= 4 is 43.9 Å². The number of nitrogens with zero attached hydrogens (tertiary/aromatic N) is 3. The van der Waals surface area contributed by atoms with Crippen molar-refractivity contribution in [3.05, 3.63) is 65.1 Å². The Bertz CT molecular complexity index is 2090. The smallest absolute Gasteiger partial charge is 0.494 e. The molecule has 0 bridgehead atoms. The van der Waals surface area contributed by atoms with Crippen LogP contribution in [0.4, 0.5) is 22.4 Å². The molecule has 1 atom stereocenters. The summed E-state index contributed by atoms with van der Waals surface area (Å²) >= 11 is 0. The van der Waals surface area contributed by atoms with Crippen LogP contribution in [-0.4, -0.2) is 90.0 Å². The molecule has 0 radical (unpaired) electrons. The van der Waals surface area contributed by atoms with Gasteiger partial charge in [0.25, 0.3) is 0 Å². The van der Waals surface area contributed by atoms with E-state index in [1.807, 2.05) is 0 Å². The van der Waals surface area contributed by atoms with Gasteiger partial charge in [-0.05, 0) is 57.4 Å². The second kappa shape index (κ2) is 14.9. The van der Waals surface area contributed by atoms with Crippen LogP contribution in [0.5, 0.6) is 11.6 Å². The van der Waals surface area contributed by atoms with E-state index in [9.17, 15) is 40.7 Å². The Morgan fingerprint density at radius 3 is 2.37 bits per heavy atom. The summed E-state index contributed by atoms with van der Waals surface area (Å²) in [4.78, 5) is 31.6. The monoisotopic (exact) mass is 752 g/mol. The molecule has 4 aromatic rings. The molecule has 0 aliphatic carbocycles. The zero-order chi connectivity index (χ0) is 38.2. The second-order valence-corrected chi connectivity index (χ2v) is 15.1. The summed E-state index contributed by atoms with van der Waals surface area (Å²) in [6.07, 6.45) is -1.74. The number of piperidine rings is 1. The third-order valence-electron chi connectivity index (χ3n) is 8.60. The maximum Gasteiger partial charge on any atom is 0.534 e. The minimum Gasteiger partial charge on any atom is -0.494 e. The number of hydrogen-bond acceptors (Lipinski definition) is 10. The first-order valence-electron chi connectivity index (χ1n) is 16.5. The number of aliphatic hydroxyl groups is 1. The van der Waals surface area contributed by atoms with Gasteiger partial charge in [-0.3, -0.25) is 4.79 Å². The van der Waals surface area contributed by atoms with Crippen LogP contribution < -0.4 is 14.2 Å². The maximum absolute atomic E-state index is 14.8. The van der Waals surface area contributed by atoms with Crippen LogP contribution in [0, 0.1) is 5.82 Å². The van der Waals surface area contributed by atoms with E-state index in [4.69, 9.17) is 13.7 Å². The van der Waals surface area contributed by atoms with Gasteiger partial charge in [0.1, 0.15) is 5.60 Å². The predicted molar refractivity (Wildman–Crippen MR) is 183 cm³/mol. The Morgan fingerprint density at radius 1 is 1.10 bits per heavy atom. The standard InChI is InChI=1S/C35H40F4N4O8S/c1-20(44)42-14-12-22(13-15-42)40-19-23(45)18-25-30-24-8-6-7-9-28(24)43(33(46)50-34(2,3)4)31(30)27(17-21-10-11-29(49-5)26(36)16-21)41-32(25)51-52(47,48)35(37,38)39/h6-11,16,22-23,40,45H,12-15,17-19H2,1-5H3. The lowest BCUT2D eigenvalue weighted by atomic mass is 9.99. The highest BCUT2D eigenvalue weighted by atomic mass is 32.2. The Balaban J connectivity index is 1.70. The molecule has 1 aliphatic rings. The number of pyridine rings is 1. The van der Waals surface area contributed by atoms with Crippen LogP contribution in [0.2, 0.25) is 0 Å². The predicted octanol–water partition coefficient (Wildman–Crippen LogP) is 5.44. The van der Waals surface area contributed by atoms with Crippen molar-refractivity contribution in [1.82, 2.24) is 19.8 Å². The number of nitrogens with one attached hydrogen (secondary N) is 1.